The molecule has 14 heavy (non-hydrogen) atoms. The van der Waals surface area contributed by atoms with Gasteiger partial charge in [0.25, 0.3) is 1.43 Å². The van der Waals surface area contributed by atoms with Crippen molar-refractivity contribution in [2.75, 3.05) is 0 Å². The molecule has 72 valence electrons. The van der Waals surface area contributed by atoms with Gasteiger partial charge < -0.3 is 5.11 Å². The van der Waals surface area contributed by atoms with Crippen LogP contribution in [-0.4, -0.2) is 11.1 Å². The van der Waals surface area contributed by atoms with Crippen LogP contribution in [0.2, 0.25) is 0 Å². The van der Waals surface area contributed by atoms with Crippen LogP contribution in [0.3, 0.4) is 0 Å². The van der Waals surface area contributed by atoms with Crippen LogP contribution in [0.5, 0.6) is 0 Å². The maximum absolute atomic E-state index is 10.7. The van der Waals surface area contributed by atoms with Crippen molar-refractivity contribution in [3.05, 3.63) is 35.4 Å². The molecule has 0 amide bonds. The highest BCUT2D eigenvalue weighted by molar-refractivity contribution is 5.67. The molecular weight excluding hydrogens is 176 g/mol. The van der Waals surface area contributed by atoms with Gasteiger partial charge in [-0.05, 0) is 31.0 Å². The second kappa shape index (κ2) is 5.08. The van der Waals surface area contributed by atoms with Gasteiger partial charge in [0, 0.05) is 12.0 Å². The summed E-state index contributed by atoms with van der Waals surface area (Å²) in [6.45, 7) is 1.79. The Bertz CT molecular complexity index is 384. The second-order valence-electron chi connectivity index (χ2n) is 2.94. The van der Waals surface area contributed by atoms with Crippen molar-refractivity contribution in [3.8, 4) is 11.8 Å². The van der Waals surface area contributed by atoms with E-state index in [0.717, 1.165) is 11.1 Å². The molecule has 0 bridgehead atoms. The van der Waals surface area contributed by atoms with Crippen molar-refractivity contribution in [2.45, 2.75) is 19.8 Å². The SMILES string of the molecule is [2H]OC(=O)CCc1ccc(C#CC)cc1. The Balaban J connectivity index is 2.55. The quantitative estimate of drug-likeness (QED) is 0.739. The largest absolute Gasteiger partial charge is 0.481 e. The smallest absolute Gasteiger partial charge is 0.303 e. The monoisotopic (exact) mass is 189 g/mol. The van der Waals surface area contributed by atoms with Crippen molar-refractivity contribution in [1.82, 2.24) is 0 Å². The lowest BCUT2D eigenvalue weighted by Gasteiger charge is -1.98. The molecule has 0 aromatic heterocycles. The minimum absolute atomic E-state index is 0.238. The minimum atomic E-state index is -0.507. The van der Waals surface area contributed by atoms with E-state index in [-0.39, 0.29) is 6.42 Å². The molecule has 1 rings (SSSR count). The Labute approximate surface area is 85.1 Å². The molecule has 0 saturated carbocycles. The van der Waals surface area contributed by atoms with Gasteiger partial charge >= 0.3 is 5.97 Å². The number of carbonyl (C=O) groups is 1. The maximum Gasteiger partial charge on any atom is 0.303 e. The molecule has 0 unspecified atom stereocenters. The third kappa shape index (κ3) is 3.32. The topological polar surface area (TPSA) is 37.3 Å². The van der Waals surface area contributed by atoms with E-state index >= 15 is 0 Å². The molecule has 0 aliphatic carbocycles. The Kier molecular flexibility index (Phi) is 3.21. The fraction of sp³-hybridized carbons (Fsp3) is 0.250. The first-order chi connectivity index (χ1) is 7.26. The maximum atomic E-state index is 10.7. The predicted molar refractivity (Wildman–Crippen MR) is 55.0 cm³/mol. The summed E-state index contributed by atoms with van der Waals surface area (Å²) in [5.74, 6) is 5.25. The van der Waals surface area contributed by atoms with Gasteiger partial charge in [-0.1, -0.05) is 18.1 Å². The summed E-state index contributed by atoms with van der Waals surface area (Å²) >= 11 is 0. The fourth-order valence-electron chi connectivity index (χ4n) is 1.15. The van der Waals surface area contributed by atoms with Gasteiger partial charge in [-0.3, -0.25) is 4.79 Å². The number of hydrogen-bond donors (Lipinski definition) is 1. The van der Waals surface area contributed by atoms with Crippen LogP contribution in [0.15, 0.2) is 24.3 Å². The summed E-state index contributed by atoms with van der Waals surface area (Å²) < 4.78 is 6.40. The highest BCUT2D eigenvalue weighted by atomic mass is 16.4. The van der Waals surface area contributed by atoms with Crippen LogP contribution in [0.4, 0.5) is 0 Å². The van der Waals surface area contributed by atoms with E-state index < -0.39 is 5.97 Å². The van der Waals surface area contributed by atoms with Crippen LogP contribution >= 0.6 is 0 Å². The molecular formula is C12H12O2. The average Bonchev–Trinajstić information content (AvgIpc) is 2.28. The van der Waals surface area contributed by atoms with Crippen molar-refractivity contribution in [1.29, 1.82) is 1.43 Å². The minimum Gasteiger partial charge on any atom is -0.481 e. The molecule has 0 aliphatic rings. The predicted octanol–water partition coefficient (Wildman–Crippen LogP) is 2.08. The van der Waals surface area contributed by atoms with Crippen LogP contribution < -0.4 is 0 Å². The van der Waals surface area contributed by atoms with E-state index in [1.165, 1.54) is 0 Å². The third-order valence-corrected chi connectivity index (χ3v) is 1.84. The molecule has 0 atom stereocenters. The number of carboxylic acids is 1. The van der Waals surface area contributed by atoms with Crippen molar-refractivity contribution < 1.29 is 9.90 Å². The summed E-state index contributed by atoms with van der Waals surface area (Å²) in [6.07, 6.45) is 0.833. The van der Waals surface area contributed by atoms with Crippen LogP contribution in [0.25, 0.3) is 1.43 Å². The molecule has 1 aromatic carbocycles. The highest BCUT2D eigenvalue weighted by Gasteiger charge is 1.98. The van der Waals surface area contributed by atoms with Gasteiger partial charge in [-0.25, -0.2) is 0 Å². The molecule has 0 heterocycles. The molecule has 0 saturated heterocycles. The van der Waals surface area contributed by atoms with Crippen LogP contribution in [-0.2, 0) is 11.2 Å². The Morgan fingerprint density at radius 3 is 2.79 bits per heavy atom. The van der Waals surface area contributed by atoms with E-state index in [0.29, 0.717) is 6.42 Å². The number of hydrogen-bond acceptors (Lipinski definition) is 2. The standard InChI is InChI=1S/C12H12O2/c1-2-3-10-4-6-11(7-5-10)8-9-12(13)14/h4-7H,8-9H2,1H3,(H,13,14)/i/hD. The fourth-order valence-corrected chi connectivity index (χ4v) is 1.15. The number of aryl methyl sites for hydroxylation is 1. The molecule has 1 N–H and O–H groups in total. The molecule has 0 fully saturated rings. The van der Waals surface area contributed by atoms with E-state index in [4.69, 9.17) is 1.43 Å². The van der Waals surface area contributed by atoms with Gasteiger partial charge in [0.05, 0.1) is 0 Å². The van der Waals surface area contributed by atoms with Gasteiger partial charge in [0.1, 0.15) is 0 Å². The molecule has 0 radical (unpaired) electrons. The van der Waals surface area contributed by atoms with Gasteiger partial charge in [-0.2, -0.15) is 0 Å². The number of carboxylic acid groups (broad SMARTS) is 1. The summed E-state index contributed by atoms with van der Waals surface area (Å²) in [4.78, 5) is 10.7. The lowest BCUT2D eigenvalue weighted by molar-refractivity contribution is -0.136. The Hall–Kier alpha value is -1.75. The van der Waals surface area contributed by atoms with Gasteiger partial charge in [-0.15, -0.1) is 5.92 Å². The first-order valence-corrected chi connectivity index (χ1v) is 4.44. The number of rotatable bonds is 3. The highest BCUT2D eigenvalue weighted by Crippen LogP contribution is 2.05. The van der Waals surface area contributed by atoms with Gasteiger partial charge in [0.2, 0.25) is 0 Å². The Morgan fingerprint density at radius 2 is 2.21 bits per heavy atom. The second-order valence-corrected chi connectivity index (χ2v) is 2.94. The molecule has 2 heteroatoms. The van der Waals surface area contributed by atoms with Crippen molar-refractivity contribution in [2.24, 2.45) is 0 Å². The summed E-state index contributed by atoms with van der Waals surface area (Å²) in [5, 5.41) is 3.82. The molecule has 0 aliphatic heterocycles. The number of benzene rings is 1. The van der Waals surface area contributed by atoms with Crippen molar-refractivity contribution in [3.63, 3.8) is 0 Å². The first-order valence-electron chi connectivity index (χ1n) is 4.84. The van der Waals surface area contributed by atoms with E-state index in [1.54, 1.807) is 6.92 Å². The summed E-state index contributed by atoms with van der Waals surface area (Å²) in [6, 6.07) is 7.68. The van der Waals surface area contributed by atoms with Gasteiger partial charge in [0.15, 0.2) is 0 Å². The lowest BCUT2D eigenvalue weighted by atomic mass is 10.1. The average molecular weight is 189 g/mol. The van der Waals surface area contributed by atoms with E-state index in [1.807, 2.05) is 24.3 Å². The summed E-state index contributed by atoms with van der Waals surface area (Å²) in [7, 11) is 0. The van der Waals surface area contributed by atoms with Crippen LogP contribution in [0.1, 0.15) is 24.5 Å². The lowest BCUT2D eigenvalue weighted by Crippen LogP contribution is -1.97. The first kappa shape index (κ1) is 8.83. The number of aliphatic carboxylic acids is 1. The van der Waals surface area contributed by atoms with E-state index in [9.17, 15) is 4.79 Å². The zero-order valence-electron chi connectivity index (χ0n) is 9.04. The molecule has 0 spiro atoms. The molecule has 2 nitrogen and oxygen atoms in total. The van der Waals surface area contributed by atoms with E-state index in [2.05, 4.69) is 16.9 Å². The Morgan fingerprint density at radius 1 is 1.50 bits per heavy atom. The zero-order chi connectivity index (χ0) is 11.1. The molecule has 1 aromatic rings. The van der Waals surface area contributed by atoms with Crippen LogP contribution in [0, 0.1) is 11.8 Å². The normalized spacial score (nSPS) is 9.64. The zero-order valence-corrected chi connectivity index (χ0v) is 8.04. The summed E-state index contributed by atoms with van der Waals surface area (Å²) in [5.41, 5.74) is 2.01. The van der Waals surface area contributed by atoms with Crippen molar-refractivity contribution >= 4 is 5.97 Å². The third-order valence-electron chi connectivity index (χ3n) is 1.84.